The first-order valence-electron chi connectivity index (χ1n) is 10.3. The van der Waals surface area contributed by atoms with Crippen LogP contribution in [0.15, 0.2) is 46.6 Å². The fourth-order valence-corrected chi connectivity index (χ4v) is 5.04. The van der Waals surface area contributed by atoms with Crippen molar-refractivity contribution in [3.63, 3.8) is 0 Å². The zero-order valence-electron chi connectivity index (χ0n) is 16.5. The number of rotatable bonds is 4. The summed E-state index contributed by atoms with van der Waals surface area (Å²) in [5.41, 5.74) is 7.44. The number of nitrogens with one attached hydrogen (secondary N) is 1. The summed E-state index contributed by atoms with van der Waals surface area (Å²) in [6.07, 6.45) is 11.3. The van der Waals surface area contributed by atoms with Crippen molar-refractivity contribution in [2.45, 2.75) is 56.7 Å². The van der Waals surface area contributed by atoms with Crippen molar-refractivity contribution in [1.29, 1.82) is 0 Å². The number of halogens is 3. The van der Waals surface area contributed by atoms with Crippen molar-refractivity contribution in [2.75, 3.05) is 5.01 Å². The van der Waals surface area contributed by atoms with Gasteiger partial charge < -0.3 is 11.1 Å². The molecule has 0 saturated heterocycles. The highest BCUT2D eigenvalue weighted by molar-refractivity contribution is 6.40. The fourth-order valence-electron chi connectivity index (χ4n) is 4.39. The molecule has 1 saturated carbocycles. The molecule has 1 aliphatic heterocycles. The monoisotopic (exact) mass is 466 g/mol. The van der Waals surface area contributed by atoms with Crippen molar-refractivity contribution in [3.8, 4) is 0 Å². The first-order valence-corrected chi connectivity index (χ1v) is 11.5. The van der Waals surface area contributed by atoms with Crippen molar-refractivity contribution in [3.05, 3.63) is 51.5 Å². The number of benzene rings is 1. The van der Waals surface area contributed by atoms with Gasteiger partial charge in [0.1, 0.15) is 5.71 Å². The van der Waals surface area contributed by atoms with E-state index in [1.165, 1.54) is 0 Å². The Kier molecular flexibility index (Phi) is 6.73. The van der Waals surface area contributed by atoms with Gasteiger partial charge in [-0.2, -0.15) is 5.10 Å². The third kappa shape index (κ3) is 4.70. The van der Waals surface area contributed by atoms with Crippen LogP contribution in [0.25, 0.3) is 0 Å². The Morgan fingerprint density at radius 3 is 2.70 bits per heavy atom. The van der Waals surface area contributed by atoms with Crippen LogP contribution in [0.3, 0.4) is 0 Å². The lowest BCUT2D eigenvalue weighted by molar-refractivity contribution is -0.115. The van der Waals surface area contributed by atoms with Gasteiger partial charge in [-0.25, -0.2) is 0 Å². The maximum Gasteiger partial charge on any atom is 0.267 e. The van der Waals surface area contributed by atoms with Crippen LogP contribution < -0.4 is 16.1 Å². The van der Waals surface area contributed by atoms with E-state index >= 15 is 0 Å². The molecule has 1 aromatic rings. The number of carbonyl (C=O) groups is 1. The summed E-state index contributed by atoms with van der Waals surface area (Å²) in [4.78, 5) is 13.0. The predicted octanol–water partition coefficient (Wildman–Crippen LogP) is 5.01. The topological polar surface area (TPSA) is 70.7 Å². The molecule has 2 aliphatic carbocycles. The van der Waals surface area contributed by atoms with Crippen LogP contribution in [0.5, 0.6) is 0 Å². The van der Waals surface area contributed by atoms with Gasteiger partial charge in [0.2, 0.25) is 0 Å². The minimum absolute atomic E-state index is 0.00288. The maximum atomic E-state index is 13.0. The van der Waals surface area contributed by atoms with Crippen LogP contribution in [0.1, 0.15) is 38.5 Å². The first kappa shape index (κ1) is 21.7. The fraction of sp³-hybridized carbons (Fsp3) is 0.455. The number of allylic oxidation sites excluding steroid dienone is 3. The Bertz CT molecular complexity index is 914. The maximum absolute atomic E-state index is 13.0. The molecule has 0 bridgehead atoms. The Morgan fingerprint density at radius 1 is 1.20 bits per heavy atom. The summed E-state index contributed by atoms with van der Waals surface area (Å²) in [6.45, 7) is 0. The van der Waals surface area contributed by atoms with Crippen LogP contribution >= 0.6 is 34.8 Å². The van der Waals surface area contributed by atoms with Gasteiger partial charge >= 0.3 is 0 Å². The Hall–Kier alpha value is -1.53. The number of hydrogen-bond acceptors (Lipinski definition) is 4. The molecule has 4 atom stereocenters. The van der Waals surface area contributed by atoms with Crippen LogP contribution in [0.2, 0.25) is 10.0 Å². The lowest BCUT2D eigenvalue weighted by atomic mass is 9.88. The van der Waals surface area contributed by atoms with Gasteiger partial charge in [-0.3, -0.25) is 9.80 Å². The minimum Gasteiger partial charge on any atom is -0.347 e. The SMILES string of the molecule is N[C@H]1CCCC[C@@H]1NC(=O)C1=NN(c2ccc(Cl)cc2Cl)[C@@H](C2C=CC(Cl)=CC2)C1. The van der Waals surface area contributed by atoms with Crippen LogP contribution in [-0.2, 0) is 4.79 Å². The van der Waals surface area contributed by atoms with Crippen molar-refractivity contribution >= 4 is 52.1 Å². The van der Waals surface area contributed by atoms with Gasteiger partial charge in [0.05, 0.1) is 16.8 Å². The molecule has 1 amide bonds. The number of hydrogen-bond donors (Lipinski definition) is 2. The lowest BCUT2D eigenvalue weighted by Crippen LogP contribution is -2.51. The number of hydrazone groups is 1. The molecule has 1 fully saturated rings. The summed E-state index contributed by atoms with van der Waals surface area (Å²) >= 11 is 18.7. The number of anilines is 1. The third-order valence-electron chi connectivity index (χ3n) is 6.08. The number of carbonyl (C=O) groups excluding carboxylic acids is 1. The molecule has 0 radical (unpaired) electrons. The Morgan fingerprint density at radius 2 is 2.00 bits per heavy atom. The molecule has 30 heavy (non-hydrogen) atoms. The minimum atomic E-state index is -0.150. The van der Waals surface area contributed by atoms with Gasteiger partial charge in [-0.15, -0.1) is 0 Å². The summed E-state index contributed by atoms with van der Waals surface area (Å²) in [6, 6.07) is 5.27. The molecule has 0 spiro atoms. The van der Waals surface area contributed by atoms with Gasteiger partial charge in [-0.1, -0.05) is 59.8 Å². The average Bonchev–Trinajstić information content (AvgIpc) is 3.15. The van der Waals surface area contributed by atoms with E-state index in [1.807, 2.05) is 23.2 Å². The standard InChI is InChI=1S/C22H25Cl3N4O/c23-14-7-5-13(6-8-14)21-12-19(22(30)27-18-4-2-1-3-17(18)26)28-29(21)20-10-9-15(24)11-16(20)25/h5,7-11,13,17-18,21H,1-4,6,12,26H2,(H,27,30)/t13?,17-,18-,21+/m0/s1. The Labute approximate surface area is 191 Å². The van der Waals surface area contributed by atoms with E-state index in [9.17, 15) is 4.79 Å². The summed E-state index contributed by atoms with van der Waals surface area (Å²) in [5.74, 6) is 0.00790. The van der Waals surface area contributed by atoms with Crippen molar-refractivity contribution in [2.24, 2.45) is 16.8 Å². The lowest BCUT2D eigenvalue weighted by Gasteiger charge is -2.30. The second-order valence-electron chi connectivity index (χ2n) is 8.13. The molecular weight excluding hydrogens is 443 g/mol. The Balaban J connectivity index is 1.58. The molecule has 4 rings (SSSR count). The molecule has 3 N–H and O–H groups in total. The van der Waals surface area contributed by atoms with Crippen molar-refractivity contribution in [1.82, 2.24) is 5.32 Å². The summed E-state index contributed by atoms with van der Waals surface area (Å²) in [5, 5.41) is 11.4. The quantitative estimate of drug-likeness (QED) is 0.653. The smallest absolute Gasteiger partial charge is 0.267 e. The van der Waals surface area contributed by atoms with E-state index in [1.54, 1.807) is 12.1 Å². The predicted molar refractivity (Wildman–Crippen MR) is 124 cm³/mol. The second-order valence-corrected chi connectivity index (χ2v) is 9.41. The number of amides is 1. The highest BCUT2D eigenvalue weighted by Gasteiger charge is 2.37. The molecule has 160 valence electrons. The van der Waals surface area contributed by atoms with Gasteiger partial charge in [0, 0.05) is 34.5 Å². The second kappa shape index (κ2) is 9.31. The summed E-state index contributed by atoms with van der Waals surface area (Å²) in [7, 11) is 0. The third-order valence-corrected chi connectivity index (χ3v) is 6.90. The molecule has 1 aromatic carbocycles. The van der Waals surface area contributed by atoms with Gasteiger partial charge in [-0.05, 0) is 43.5 Å². The highest BCUT2D eigenvalue weighted by atomic mass is 35.5. The first-order chi connectivity index (χ1) is 14.4. The molecule has 0 aromatic heterocycles. The largest absolute Gasteiger partial charge is 0.347 e. The van der Waals surface area contributed by atoms with E-state index in [0.717, 1.165) is 42.8 Å². The summed E-state index contributed by atoms with van der Waals surface area (Å²) < 4.78 is 0. The van der Waals surface area contributed by atoms with Crippen molar-refractivity contribution < 1.29 is 4.79 Å². The van der Waals surface area contributed by atoms with E-state index in [-0.39, 0.29) is 30.0 Å². The zero-order chi connectivity index (χ0) is 21.3. The number of nitrogens with two attached hydrogens (primary N) is 1. The van der Waals surface area contributed by atoms with Crippen LogP contribution in [0, 0.1) is 5.92 Å². The van der Waals surface area contributed by atoms with E-state index in [2.05, 4.69) is 11.4 Å². The molecular formula is C22H25Cl3N4O. The van der Waals surface area contributed by atoms with E-state index in [4.69, 9.17) is 45.6 Å². The highest BCUT2D eigenvalue weighted by Crippen LogP contribution is 2.38. The van der Waals surface area contributed by atoms with E-state index < -0.39 is 0 Å². The van der Waals surface area contributed by atoms with Gasteiger partial charge in [0.15, 0.2) is 0 Å². The molecule has 8 heteroatoms. The average molecular weight is 468 g/mol. The molecule has 5 nitrogen and oxygen atoms in total. The molecule has 3 aliphatic rings. The van der Waals surface area contributed by atoms with Crippen LogP contribution in [-0.4, -0.2) is 29.7 Å². The van der Waals surface area contributed by atoms with E-state index in [0.29, 0.717) is 22.2 Å². The normalized spacial score (nSPS) is 28.9. The molecule has 1 unspecified atom stereocenters. The van der Waals surface area contributed by atoms with Crippen LogP contribution in [0.4, 0.5) is 5.69 Å². The number of nitrogens with zero attached hydrogens (tertiary/aromatic N) is 2. The molecule has 1 heterocycles. The van der Waals surface area contributed by atoms with Gasteiger partial charge in [0.25, 0.3) is 5.91 Å². The zero-order valence-corrected chi connectivity index (χ0v) is 18.8.